The number of hydrogen-bond acceptors (Lipinski definition) is 5. The molecule has 0 aliphatic rings. The van der Waals surface area contributed by atoms with Gasteiger partial charge in [0.1, 0.15) is 5.69 Å². The molecule has 3 N–H and O–H groups in total. The molecule has 0 saturated heterocycles. The molecule has 0 bridgehead atoms. The van der Waals surface area contributed by atoms with Crippen molar-refractivity contribution >= 4 is 11.6 Å². The summed E-state index contributed by atoms with van der Waals surface area (Å²) in [5, 5.41) is 19.9. The number of primary amides is 1. The van der Waals surface area contributed by atoms with E-state index < -0.39 is 5.91 Å². The van der Waals surface area contributed by atoms with E-state index in [1.54, 1.807) is 18.2 Å². The third kappa shape index (κ3) is 2.57. The van der Waals surface area contributed by atoms with Crippen LogP contribution in [0.2, 0.25) is 0 Å². The lowest BCUT2D eigenvalue weighted by atomic mass is 10.0. The number of carbonyl (C=O) groups excluding carboxylic acids is 1. The fourth-order valence-electron chi connectivity index (χ4n) is 1.89. The summed E-state index contributed by atoms with van der Waals surface area (Å²) in [6.45, 7) is 2.61. The molecule has 20 heavy (non-hydrogen) atoms. The summed E-state index contributed by atoms with van der Waals surface area (Å²) >= 11 is 0. The normalized spacial score (nSPS) is 9.80. The number of aromatic nitrogens is 2. The van der Waals surface area contributed by atoms with E-state index in [1.807, 2.05) is 6.92 Å². The number of anilines is 1. The van der Waals surface area contributed by atoms with Gasteiger partial charge in [0.2, 0.25) is 0 Å². The van der Waals surface area contributed by atoms with E-state index in [0.29, 0.717) is 28.9 Å². The number of rotatable bonds is 4. The molecule has 0 aliphatic carbocycles. The second-order valence-electron chi connectivity index (χ2n) is 4.06. The first kappa shape index (κ1) is 13.5. The molecular weight excluding hydrogens is 254 g/mol. The van der Waals surface area contributed by atoms with Gasteiger partial charge in [0.05, 0.1) is 23.4 Å². The highest BCUT2D eigenvalue weighted by molar-refractivity contribution is 6.00. The molecule has 100 valence electrons. The predicted octanol–water partition coefficient (Wildman–Crippen LogP) is 1.55. The molecule has 0 aliphatic heterocycles. The summed E-state index contributed by atoms with van der Waals surface area (Å²) in [7, 11) is 0. The van der Waals surface area contributed by atoms with Crippen molar-refractivity contribution in [1.82, 2.24) is 10.2 Å². The summed E-state index contributed by atoms with van der Waals surface area (Å²) in [6.07, 6.45) is 1.42. The Balaban J connectivity index is 2.64. The molecule has 0 saturated carbocycles. The molecule has 0 atom stereocenters. The van der Waals surface area contributed by atoms with Crippen LogP contribution in [0, 0.1) is 11.3 Å². The first-order valence-electron chi connectivity index (χ1n) is 6.07. The number of nitrogens with one attached hydrogen (secondary N) is 1. The van der Waals surface area contributed by atoms with Gasteiger partial charge in [-0.3, -0.25) is 4.79 Å². The largest absolute Gasteiger partial charge is 0.385 e. The van der Waals surface area contributed by atoms with Crippen molar-refractivity contribution in [1.29, 1.82) is 5.26 Å². The second-order valence-corrected chi connectivity index (χ2v) is 4.06. The fraction of sp³-hybridized carbons (Fsp3) is 0.143. The second kappa shape index (κ2) is 5.80. The first-order chi connectivity index (χ1) is 9.67. The van der Waals surface area contributed by atoms with Crippen molar-refractivity contribution in [3.63, 3.8) is 0 Å². The minimum atomic E-state index is -0.568. The van der Waals surface area contributed by atoms with Gasteiger partial charge in [-0.25, -0.2) is 0 Å². The van der Waals surface area contributed by atoms with Gasteiger partial charge < -0.3 is 11.1 Å². The van der Waals surface area contributed by atoms with E-state index in [9.17, 15) is 4.79 Å². The maximum atomic E-state index is 11.5. The number of nitrogens with two attached hydrogens (primary N) is 1. The van der Waals surface area contributed by atoms with Crippen LogP contribution in [0.15, 0.2) is 30.5 Å². The predicted molar refractivity (Wildman–Crippen MR) is 74.9 cm³/mol. The summed E-state index contributed by atoms with van der Waals surface area (Å²) in [4.78, 5) is 11.5. The van der Waals surface area contributed by atoms with E-state index >= 15 is 0 Å². The zero-order chi connectivity index (χ0) is 14.5. The van der Waals surface area contributed by atoms with Crippen molar-refractivity contribution in [3.05, 3.63) is 41.6 Å². The topological polar surface area (TPSA) is 105 Å². The summed E-state index contributed by atoms with van der Waals surface area (Å²) < 4.78 is 0. The van der Waals surface area contributed by atoms with Gasteiger partial charge in [-0.15, -0.1) is 5.10 Å². The van der Waals surface area contributed by atoms with Crippen LogP contribution >= 0.6 is 0 Å². The number of benzene rings is 1. The molecule has 1 heterocycles. The summed E-state index contributed by atoms with van der Waals surface area (Å²) in [5.41, 5.74) is 7.98. The van der Waals surface area contributed by atoms with E-state index in [0.717, 1.165) is 5.69 Å². The molecule has 2 aromatic rings. The lowest BCUT2D eigenvalue weighted by Gasteiger charge is -2.12. The highest BCUT2D eigenvalue weighted by Gasteiger charge is 2.15. The molecule has 1 aromatic heterocycles. The van der Waals surface area contributed by atoms with Gasteiger partial charge in [0.25, 0.3) is 5.91 Å². The molecule has 0 radical (unpaired) electrons. The van der Waals surface area contributed by atoms with Crippen LogP contribution in [0.3, 0.4) is 0 Å². The van der Waals surface area contributed by atoms with Gasteiger partial charge in [0, 0.05) is 17.8 Å². The molecular formula is C14H13N5O. The van der Waals surface area contributed by atoms with E-state index in [2.05, 4.69) is 21.6 Å². The average Bonchev–Trinajstić information content (AvgIpc) is 2.47. The van der Waals surface area contributed by atoms with E-state index in [4.69, 9.17) is 11.0 Å². The molecule has 2 rings (SSSR count). The number of nitrogens with zero attached hydrogens (tertiary/aromatic N) is 3. The maximum Gasteiger partial charge on any atom is 0.251 e. The zero-order valence-electron chi connectivity index (χ0n) is 10.9. The minimum Gasteiger partial charge on any atom is -0.385 e. The van der Waals surface area contributed by atoms with Gasteiger partial charge in [-0.1, -0.05) is 0 Å². The molecule has 0 spiro atoms. The van der Waals surface area contributed by atoms with Crippen molar-refractivity contribution in [2.75, 3.05) is 11.9 Å². The van der Waals surface area contributed by atoms with E-state index in [-0.39, 0.29) is 0 Å². The number of carbonyl (C=O) groups is 1. The molecule has 1 amide bonds. The molecule has 6 nitrogen and oxygen atoms in total. The lowest BCUT2D eigenvalue weighted by Crippen LogP contribution is -2.14. The Kier molecular flexibility index (Phi) is 3.91. The summed E-state index contributed by atoms with van der Waals surface area (Å²) in [5.74, 6) is -0.568. The Morgan fingerprint density at radius 2 is 2.25 bits per heavy atom. The van der Waals surface area contributed by atoms with Gasteiger partial charge in [-0.2, -0.15) is 10.4 Å². The molecule has 1 aromatic carbocycles. The van der Waals surface area contributed by atoms with Crippen molar-refractivity contribution in [2.24, 2.45) is 5.73 Å². The van der Waals surface area contributed by atoms with Crippen LogP contribution in [0.25, 0.3) is 11.3 Å². The Morgan fingerprint density at radius 3 is 2.90 bits per heavy atom. The molecule has 0 fully saturated rings. The molecule has 0 unspecified atom stereocenters. The minimum absolute atomic E-state index is 0.295. The van der Waals surface area contributed by atoms with Crippen LogP contribution in [0.1, 0.15) is 22.8 Å². The zero-order valence-corrected chi connectivity index (χ0v) is 10.9. The number of amides is 1. The number of nitriles is 1. The van der Waals surface area contributed by atoms with Crippen LogP contribution < -0.4 is 11.1 Å². The van der Waals surface area contributed by atoms with Gasteiger partial charge in [0.15, 0.2) is 0 Å². The van der Waals surface area contributed by atoms with Crippen molar-refractivity contribution in [2.45, 2.75) is 6.92 Å². The summed E-state index contributed by atoms with van der Waals surface area (Å²) in [6, 6.07) is 8.70. The lowest BCUT2D eigenvalue weighted by molar-refractivity contribution is 0.100. The first-order valence-corrected chi connectivity index (χ1v) is 6.07. The van der Waals surface area contributed by atoms with Crippen LogP contribution in [0.4, 0.5) is 5.69 Å². The third-order valence-corrected chi connectivity index (χ3v) is 2.76. The quantitative estimate of drug-likeness (QED) is 0.874. The Morgan fingerprint density at radius 1 is 1.45 bits per heavy atom. The fourth-order valence-corrected chi connectivity index (χ4v) is 1.89. The smallest absolute Gasteiger partial charge is 0.251 e. The Labute approximate surface area is 116 Å². The van der Waals surface area contributed by atoms with Crippen LogP contribution in [0.5, 0.6) is 0 Å². The van der Waals surface area contributed by atoms with Crippen molar-refractivity contribution < 1.29 is 4.79 Å². The van der Waals surface area contributed by atoms with E-state index in [1.165, 1.54) is 12.3 Å². The van der Waals surface area contributed by atoms with Crippen LogP contribution in [-0.4, -0.2) is 22.6 Å². The average molecular weight is 267 g/mol. The molecule has 6 heteroatoms. The van der Waals surface area contributed by atoms with Crippen molar-refractivity contribution in [3.8, 4) is 17.3 Å². The standard InChI is InChI=1S/C14H13N5O/c1-2-17-12-7-9(8-15)3-4-10(12)13-11(14(16)20)5-6-18-19-13/h3-7,17H,2H2,1H3,(H2,16,20). The maximum absolute atomic E-state index is 11.5. The third-order valence-electron chi connectivity index (χ3n) is 2.76. The highest BCUT2D eigenvalue weighted by atomic mass is 16.1. The Bertz CT molecular complexity index is 690. The highest BCUT2D eigenvalue weighted by Crippen LogP contribution is 2.29. The van der Waals surface area contributed by atoms with Gasteiger partial charge in [-0.05, 0) is 31.2 Å². The van der Waals surface area contributed by atoms with Gasteiger partial charge >= 0.3 is 0 Å². The SMILES string of the molecule is CCNc1cc(C#N)ccc1-c1nnccc1C(N)=O. The monoisotopic (exact) mass is 267 g/mol. The number of hydrogen-bond donors (Lipinski definition) is 2. The van der Waals surface area contributed by atoms with Crippen LogP contribution in [-0.2, 0) is 0 Å². The Hall–Kier alpha value is -2.94.